The first kappa shape index (κ1) is 19.2. The van der Waals surface area contributed by atoms with Crippen LogP contribution in [0.2, 0.25) is 0 Å². The molecule has 0 saturated heterocycles. The van der Waals surface area contributed by atoms with Crippen LogP contribution >= 0.6 is 0 Å². The number of nitrogens with zero attached hydrogens (tertiary/aromatic N) is 3. The van der Waals surface area contributed by atoms with Gasteiger partial charge in [0.05, 0.1) is 36.1 Å². The van der Waals surface area contributed by atoms with Gasteiger partial charge in [-0.05, 0) is 55.7 Å². The zero-order chi connectivity index (χ0) is 21.5. The van der Waals surface area contributed by atoms with Gasteiger partial charge in [-0.25, -0.2) is 9.78 Å². The molecule has 0 atom stereocenters. The van der Waals surface area contributed by atoms with E-state index in [0.717, 1.165) is 33.8 Å². The highest BCUT2D eigenvalue weighted by Crippen LogP contribution is 2.30. The molecule has 1 aliphatic heterocycles. The van der Waals surface area contributed by atoms with Crippen molar-refractivity contribution in [3.05, 3.63) is 58.8 Å². The number of amides is 2. The first-order chi connectivity index (χ1) is 15.0. The summed E-state index contributed by atoms with van der Waals surface area (Å²) in [5.41, 5.74) is 7.89. The number of H-pyrrole nitrogens is 2. The number of ether oxygens (including phenoxy) is 1. The molecule has 2 aromatic carbocycles. The van der Waals surface area contributed by atoms with Crippen LogP contribution in [0.1, 0.15) is 22.4 Å². The highest BCUT2D eigenvalue weighted by Gasteiger charge is 2.27. The lowest BCUT2D eigenvalue weighted by Gasteiger charge is -2.27. The summed E-state index contributed by atoms with van der Waals surface area (Å²) in [5, 5.41) is 10.6. The monoisotopic (exact) mass is 416 g/mol. The largest absolute Gasteiger partial charge is 0.495 e. The smallest absolute Gasteiger partial charge is 0.322 e. The highest BCUT2D eigenvalue weighted by atomic mass is 16.5. The van der Waals surface area contributed by atoms with E-state index in [9.17, 15) is 4.79 Å². The first-order valence-electron chi connectivity index (χ1n) is 10.3. The van der Waals surface area contributed by atoms with Crippen molar-refractivity contribution in [3.8, 4) is 17.3 Å². The molecule has 5 rings (SSSR count). The van der Waals surface area contributed by atoms with Gasteiger partial charge in [0.15, 0.2) is 5.82 Å². The van der Waals surface area contributed by atoms with Gasteiger partial charge < -0.3 is 19.9 Å². The van der Waals surface area contributed by atoms with Gasteiger partial charge in [0.1, 0.15) is 11.4 Å². The van der Waals surface area contributed by atoms with E-state index in [1.54, 1.807) is 12.0 Å². The number of aromatic nitrogens is 4. The molecule has 2 aromatic heterocycles. The Kier molecular flexibility index (Phi) is 4.62. The Morgan fingerprint density at radius 2 is 2.00 bits per heavy atom. The van der Waals surface area contributed by atoms with Gasteiger partial charge in [0, 0.05) is 12.1 Å². The number of nitrogens with one attached hydrogen (secondary N) is 3. The standard InChI is InChI=1S/C23H24N6O2/c1-13-10-17-18(11-14(13)2)25-22(24-17)21-15-8-9-29(12-19(15)27-28-21)23(30)26-16-6-4-5-7-20(16)31-3/h4-7,10-11H,8-9,12H2,1-3H3,(H,24,25)(H,26,30)(H,27,28). The molecule has 0 bridgehead atoms. The van der Waals surface area contributed by atoms with Crippen molar-refractivity contribution in [3.63, 3.8) is 0 Å². The van der Waals surface area contributed by atoms with E-state index in [4.69, 9.17) is 9.72 Å². The van der Waals surface area contributed by atoms with E-state index >= 15 is 0 Å². The third-order valence-corrected chi connectivity index (χ3v) is 5.89. The fraction of sp³-hybridized carbons (Fsp3) is 0.261. The number of carbonyl (C=O) groups is 1. The van der Waals surface area contributed by atoms with Gasteiger partial charge in [-0.3, -0.25) is 5.10 Å². The Balaban J connectivity index is 1.37. The third kappa shape index (κ3) is 3.39. The number of benzene rings is 2. The maximum Gasteiger partial charge on any atom is 0.322 e. The number of methoxy groups -OCH3 is 1. The Labute approximate surface area is 179 Å². The maximum absolute atomic E-state index is 12.8. The van der Waals surface area contributed by atoms with Crippen LogP contribution in [0.15, 0.2) is 36.4 Å². The van der Waals surface area contributed by atoms with E-state index in [-0.39, 0.29) is 6.03 Å². The number of aromatic amines is 2. The van der Waals surface area contributed by atoms with Crippen LogP contribution in [-0.2, 0) is 13.0 Å². The number of fused-ring (bicyclic) bond motifs is 2. The summed E-state index contributed by atoms with van der Waals surface area (Å²) in [7, 11) is 1.59. The molecule has 158 valence electrons. The van der Waals surface area contributed by atoms with Crippen molar-refractivity contribution < 1.29 is 9.53 Å². The summed E-state index contributed by atoms with van der Waals surface area (Å²) in [4.78, 5) is 22.7. The molecule has 0 spiro atoms. The number of anilines is 1. The molecule has 8 nitrogen and oxygen atoms in total. The Morgan fingerprint density at radius 1 is 1.19 bits per heavy atom. The van der Waals surface area contributed by atoms with Crippen LogP contribution in [0.4, 0.5) is 10.5 Å². The topological polar surface area (TPSA) is 98.9 Å². The molecule has 1 aliphatic rings. The number of imidazole rings is 1. The fourth-order valence-corrected chi connectivity index (χ4v) is 4.01. The van der Waals surface area contributed by atoms with Crippen molar-refractivity contribution in [2.75, 3.05) is 19.0 Å². The van der Waals surface area contributed by atoms with Crippen molar-refractivity contribution in [1.82, 2.24) is 25.1 Å². The van der Waals surface area contributed by atoms with Crippen LogP contribution < -0.4 is 10.1 Å². The highest BCUT2D eigenvalue weighted by molar-refractivity contribution is 5.91. The number of aryl methyl sites for hydroxylation is 2. The van der Waals surface area contributed by atoms with E-state index in [2.05, 4.69) is 46.5 Å². The molecule has 0 saturated carbocycles. The summed E-state index contributed by atoms with van der Waals surface area (Å²) < 4.78 is 5.32. The summed E-state index contributed by atoms with van der Waals surface area (Å²) >= 11 is 0. The summed E-state index contributed by atoms with van der Waals surface area (Å²) in [6.45, 7) is 5.24. The number of rotatable bonds is 3. The molecule has 31 heavy (non-hydrogen) atoms. The predicted octanol–water partition coefficient (Wildman–Crippen LogP) is 4.17. The second-order valence-corrected chi connectivity index (χ2v) is 7.87. The number of hydrogen-bond acceptors (Lipinski definition) is 4. The summed E-state index contributed by atoms with van der Waals surface area (Å²) in [6.07, 6.45) is 0.704. The Morgan fingerprint density at radius 3 is 2.84 bits per heavy atom. The average molecular weight is 416 g/mol. The van der Waals surface area contributed by atoms with Crippen molar-refractivity contribution in [2.45, 2.75) is 26.8 Å². The average Bonchev–Trinajstić information content (AvgIpc) is 3.37. The number of hydrogen-bond donors (Lipinski definition) is 3. The van der Waals surface area contributed by atoms with Crippen LogP contribution in [0.25, 0.3) is 22.6 Å². The zero-order valence-electron chi connectivity index (χ0n) is 17.7. The number of para-hydroxylation sites is 2. The van der Waals surface area contributed by atoms with Crippen molar-refractivity contribution in [2.24, 2.45) is 0 Å². The minimum atomic E-state index is -0.166. The summed E-state index contributed by atoms with van der Waals surface area (Å²) in [5.74, 6) is 1.39. The molecule has 0 unspecified atom stereocenters. The van der Waals surface area contributed by atoms with E-state index < -0.39 is 0 Å². The van der Waals surface area contributed by atoms with Gasteiger partial charge in [0.25, 0.3) is 0 Å². The van der Waals surface area contributed by atoms with Gasteiger partial charge in [-0.15, -0.1) is 0 Å². The van der Waals surface area contributed by atoms with Crippen molar-refractivity contribution >= 4 is 22.8 Å². The van der Waals surface area contributed by atoms with Gasteiger partial charge >= 0.3 is 6.03 Å². The molecule has 0 fully saturated rings. The second-order valence-electron chi connectivity index (χ2n) is 7.87. The molecule has 0 aliphatic carbocycles. The SMILES string of the molecule is COc1ccccc1NC(=O)N1CCc2c(-c3nc4cc(C)c(C)cc4[nH]3)n[nH]c2C1. The second kappa shape index (κ2) is 7.46. The maximum atomic E-state index is 12.8. The van der Waals surface area contributed by atoms with Crippen molar-refractivity contribution in [1.29, 1.82) is 0 Å². The van der Waals surface area contributed by atoms with Crippen LogP contribution in [0, 0.1) is 13.8 Å². The third-order valence-electron chi connectivity index (χ3n) is 5.89. The van der Waals surface area contributed by atoms with Crippen LogP contribution in [0.5, 0.6) is 5.75 Å². The van der Waals surface area contributed by atoms with Gasteiger partial charge in [-0.2, -0.15) is 5.10 Å². The quantitative estimate of drug-likeness (QED) is 0.467. The predicted molar refractivity (Wildman–Crippen MR) is 119 cm³/mol. The fourth-order valence-electron chi connectivity index (χ4n) is 4.01. The van der Waals surface area contributed by atoms with E-state index in [0.29, 0.717) is 30.9 Å². The summed E-state index contributed by atoms with van der Waals surface area (Å²) in [6, 6.07) is 11.4. The lowest BCUT2D eigenvalue weighted by atomic mass is 10.0. The first-order valence-corrected chi connectivity index (χ1v) is 10.3. The van der Waals surface area contributed by atoms with Crippen LogP contribution in [-0.4, -0.2) is 44.8 Å². The number of carbonyl (C=O) groups excluding carboxylic acids is 1. The molecule has 3 heterocycles. The van der Waals surface area contributed by atoms with E-state index in [1.807, 2.05) is 24.3 Å². The minimum Gasteiger partial charge on any atom is -0.495 e. The molecule has 8 heteroatoms. The Hall–Kier alpha value is -3.81. The lowest BCUT2D eigenvalue weighted by molar-refractivity contribution is 0.205. The molecule has 4 aromatic rings. The molecule has 3 N–H and O–H groups in total. The molecule has 2 amide bonds. The Bertz CT molecular complexity index is 1250. The molecular formula is C23H24N6O2. The van der Waals surface area contributed by atoms with Crippen LogP contribution in [0.3, 0.4) is 0 Å². The normalized spacial score (nSPS) is 13.3. The van der Waals surface area contributed by atoms with Gasteiger partial charge in [-0.1, -0.05) is 12.1 Å². The molecule has 0 radical (unpaired) electrons. The molecular weight excluding hydrogens is 392 g/mol. The minimum absolute atomic E-state index is 0.166. The lowest BCUT2D eigenvalue weighted by Crippen LogP contribution is -2.39. The zero-order valence-corrected chi connectivity index (χ0v) is 17.7. The van der Waals surface area contributed by atoms with Gasteiger partial charge in [0.2, 0.25) is 0 Å². The number of urea groups is 1. The van der Waals surface area contributed by atoms with E-state index in [1.165, 1.54) is 11.1 Å².